The number of H-pyrrole nitrogens is 1. The highest BCUT2D eigenvalue weighted by molar-refractivity contribution is 7.89. The van der Waals surface area contributed by atoms with E-state index >= 15 is 0 Å². The molecule has 1 aliphatic rings. The second kappa shape index (κ2) is 5.01. The molecule has 0 saturated carbocycles. The zero-order valence-electron chi connectivity index (χ0n) is 11.2. The lowest BCUT2D eigenvalue weighted by molar-refractivity contribution is 0.405. The minimum Gasteiger partial charge on any atom is -0.282 e. The Kier molecular flexibility index (Phi) is 3.77. The number of aromatic amines is 1. The molecule has 1 aromatic heterocycles. The molecule has 0 bridgehead atoms. The quantitative estimate of drug-likeness (QED) is 0.905. The molecule has 0 saturated heterocycles. The molecule has 0 aliphatic carbocycles. The van der Waals surface area contributed by atoms with Crippen molar-refractivity contribution >= 4 is 10.0 Å². The summed E-state index contributed by atoms with van der Waals surface area (Å²) >= 11 is 0. The molecular weight excluding hydrogens is 250 g/mol. The highest BCUT2D eigenvalue weighted by Gasteiger charge is 2.27. The van der Waals surface area contributed by atoms with Gasteiger partial charge in [0.1, 0.15) is 0 Å². The minimum absolute atomic E-state index is 0.156. The van der Waals surface area contributed by atoms with Crippen molar-refractivity contribution < 1.29 is 8.42 Å². The number of fused-ring (bicyclic) bond motifs is 1. The molecule has 1 aliphatic heterocycles. The van der Waals surface area contributed by atoms with Crippen molar-refractivity contribution in [2.75, 3.05) is 12.3 Å². The van der Waals surface area contributed by atoms with Gasteiger partial charge in [-0.1, -0.05) is 13.8 Å². The molecule has 2 heterocycles. The van der Waals surface area contributed by atoms with Crippen molar-refractivity contribution in [3.05, 3.63) is 17.0 Å². The first-order chi connectivity index (χ1) is 8.40. The predicted octanol–water partition coefficient (Wildman–Crippen LogP) is 1.45. The van der Waals surface area contributed by atoms with Crippen LogP contribution in [0.5, 0.6) is 0 Å². The first-order valence-corrected chi connectivity index (χ1v) is 8.01. The van der Waals surface area contributed by atoms with Crippen molar-refractivity contribution in [2.24, 2.45) is 5.92 Å². The SMILES string of the molecule is Cc1n[nH]c2c1CN(S(=O)(=O)CC(C)C)CCC2. The summed E-state index contributed by atoms with van der Waals surface area (Å²) in [6.07, 6.45) is 1.73. The van der Waals surface area contributed by atoms with E-state index in [1.165, 1.54) is 0 Å². The highest BCUT2D eigenvalue weighted by atomic mass is 32.2. The summed E-state index contributed by atoms with van der Waals surface area (Å²) < 4.78 is 26.2. The van der Waals surface area contributed by atoms with E-state index in [9.17, 15) is 8.42 Å². The fourth-order valence-corrected chi connectivity index (χ4v) is 4.16. The fourth-order valence-electron chi connectivity index (χ4n) is 2.37. The van der Waals surface area contributed by atoms with E-state index in [0.29, 0.717) is 13.1 Å². The number of nitrogens with one attached hydrogen (secondary N) is 1. The third kappa shape index (κ3) is 2.75. The van der Waals surface area contributed by atoms with Crippen LogP contribution in [0.2, 0.25) is 0 Å². The van der Waals surface area contributed by atoms with Gasteiger partial charge in [-0.05, 0) is 25.7 Å². The molecular formula is C12H21N3O2S. The number of rotatable bonds is 3. The molecule has 102 valence electrons. The molecule has 18 heavy (non-hydrogen) atoms. The average molecular weight is 271 g/mol. The lowest BCUT2D eigenvalue weighted by atomic mass is 10.1. The van der Waals surface area contributed by atoms with Crippen LogP contribution in [0.15, 0.2) is 0 Å². The second-order valence-corrected chi connectivity index (χ2v) is 7.39. The molecule has 0 spiro atoms. The molecule has 0 radical (unpaired) electrons. The Hall–Kier alpha value is -0.880. The van der Waals surface area contributed by atoms with E-state index in [1.807, 2.05) is 20.8 Å². The third-order valence-corrected chi connectivity index (χ3v) is 5.45. The van der Waals surface area contributed by atoms with Crippen LogP contribution in [0, 0.1) is 12.8 Å². The number of aryl methyl sites for hydroxylation is 2. The van der Waals surface area contributed by atoms with Crippen LogP contribution >= 0.6 is 0 Å². The molecule has 0 amide bonds. The zero-order chi connectivity index (χ0) is 13.3. The summed E-state index contributed by atoms with van der Waals surface area (Å²) in [6.45, 7) is 6.87. The molecule has 5 nitrogen and oxygen atoms in total. The van der Waals surface area contributed by atoms with E-state index in [4.69, 9.17) is 0 Å². The smallest absolute Gasteiger partial charge is 0.214 e. The summed E-state index contributed by atoms with van der Waals surface area (Å²) in [6, 6.07) is 0. The zero-order valence-corrected chi connectivity index (χ0v) is 12.0. The number of hydrogen-bond acceptors (Lipinski definition) is 3. The molecule has 6 heteroatoms. The van der Waals surface area contributed by atoms with Gasteiger partial charge in [0.05, 0.1) is 11.4 Å². The van der Waals surface area contributed by atoms with Gasteiger partial charge in [-0.15, -0.1) is 0 Å². The molecule has 1 aromatic rings. The van der Waals surface area contributed by atoms with Crippen molar-refractivity contribution in [3.8, 4) is 0 Å². The first-order valence-electron chi connectivity index (χ1n) is 6.40. The molecule has 1 N–H and O–H groups in total. The van der Waals surface area contributed by atoms with Crippen LogP contribution in [0.1, 0.15) is 37.2 Å². The van der Waals surface area contributed by atoms with Crippen molar-refractivity contribution in [2.45, 2.75) is 40.2 Å². The van der Waals surface area contributed by atoms with Gasteiger partial charge in [0.15, 0.2) is 0 Å². The van der Waals surface area contributed by atoms with Crippen molar-refractivity contribution in [1.29, 1.82) is 0 Å². The van der Waals surface area contributed by atoms with E-state index in [1.54, 1.807) is 4.31 Å². The Bertz CT molecular complexity index is 519. The van der Waals surface area contributed by atoms with Gasteiger partial charge in [0.25, 0.3) is 0 Å². The van der Waals surface area contributed by atoms with Crippen LogP contribution in [0.3, 0.4) is 0 Å². The van der Waals surface area contributed by atoms with E-state index in [-0.39, 0.29) is 11.7 Å². The third-order valence-electron chi connectivity index (χ3n) is 3.27. The summed E-state index contributed by atoms with van der Waals surface area (Å²) in [4.78, 5) is 0. The topological polar surface area (TPSA) is 66.1 Å². The van der Waals surface area contributed by atoms with Crippen LogP contribution in [-0.4, -0.2) is 35.2 Å². The monoisotopic (exact) mass is 271 g/mol. The predicted molar refractivity (Wildman–Crippen MR) is 70.7 cm³/mol. The van der Waals surface area contributed by atoms with Crippen molar-refractivity contribution in [1.82, 2.24) is 14.5 Å². The lowest BCUT2D eigenvalue weighted by Gasteiger charge is -2.21. The summed E-state index contributed by atoms with van der Waals surface area (Å²) in [5.74, 6) is 0.377. The van der Waals surface area contributed by atoms with Gasteiger partial charge in [0.2, 0.25) is 10.0 Å². The number of aromatic nitrogens is 2. The average Bonchev–Trinajstić information content (AvgIpc) is 2.49. The summed E-state index contributed by atoms with van der Waals surface area (Å²) in [7, 11) is -3.15. The van der Waals surface area contributed by atoms with Gasteiger partial charge in [-0.2, -0.15) is 9.40 Å². The molecule has 2 rings (SSSR count). The largest absolute Gasteiger partial charge is 0.282 e. The van der Waals surface area contributed by atoms with Gasteiger partial charge < -0.3 is 0 Å². The number of hydrogen-bond donors (Lipinski definition) is 1. The molecule has 0 aromatic carbocycles. The highest BCUT2D eigenvalue weighted by Crippen LogP contribution is 2.22. The maximum absolute atomic E-state index is 12.3. The van der Waals surface area contributed by atoms with Crippen LogP contribution < -0.4 is 0 Å². The molecule has 0 fully saturated rings. The number of sulfonamides is 1. The maximum Gasteiger partial charge on any atom is 0.214 e. The Morgan fingerprint density at radius 1 is 1.44 bits per heavy atom. The van der Waals surface area contributed by atoms with Crippen LogP contribution in [0.4, 0.5) is 0 Å². The van der Waals surface area contributed by atoms with Gasteiger partial charge >= 0.3 is 0 Å². The molecule has 0 unspecified atom stereocenters. The summed E-state index contributed by atoms with van der Waals surface area (Å²) in [5.41, 5.74) is 3.06. The Labute approximate surface area is 109 Å². The van der Waals surface area contributed by atoms with Gasteiger partial charge in [-0.3, -0.25) is 5.10 Å². The first kappa shape index (κ1) is 13.5. The summed E-state index contributed by atoms with van der Waals surface area (Å²) in [5, 5.41) is 7.18. The van der Waals surface area contributed by atoms with Gasteiger partial charge in [-0.25, -0.2) is 8.42 Å². The van der Waals surface area contributed by atoms with E-state index < -0.39 is 10.0 Å². The standard InChI is InChI=1S/C12H21N3O2S/c1-9(2)8-18(16,17)15-6-4-5-12-11(7-15)10(3)13-14-12/h9H,4-8H2,1-3H3,(H,13,14). The normalized spacial score (nSPS) is 17.8. The minimum atomic E-state index is -3.15. The Balaban J connectivity index is 2.24. The Morgan fingerprint density at radius 2 is 2.17 bits per heavy atom. The van der Waals surface area contributed by atoms with Gasteiger partial charge in [0, 0.05) is 24.3 Å². The molecule has 0 atom stereocenters. The lowest BCUT2D eigenvalue weighted by Crippen LogP contribution is -2.34. The van der Waals surface area contributed by atoms with Crippen LogP contribution in [0.25, 0.3) is 0 Å². The number of nitrogens with zero attached hydrogens (tertiary/aromatic N) is 2. The van der Waals surface area contributed by atoms with E-state index in [2.05, 4.69) is 10.2 Å². The second-order valence-electron chi connectivity index (χ2n) is 5.38. The van der Waals surface area contributed by atoms with E-state index in [0.717, 1.165) is 29.8 Å². The Morgan fingerprint density at radius 3 is 2.83 bits per heavy atom. The van der Waals surface area contributed by atoms with Crippen LogP contribution in [-0.2, 0) is 23.0 Å². The fraction of sp³-hybridized carbons (Fsp3) is 0.750. The van der Waals surface area contributed by atoms with Crippen molar-refractivity contribution in [3.63, 3.8) is 0 Å². The maximum atomic E-state index is 12.3.